The predicted octanol–water partition coefficient (Wildman–Crippen LogP) is 5.08. The van der Waals surface area contributed by atoms with Crippen molar-refractivity contribution in [2.75, 3.05) is 13.1 Å². The van der Waals surface area contributed by atoms with Crippen LogP contribution in [0.25, 0.3) is 11.0 Å². The Morgan fingerprint density at radius 2 is 1.67 bits per heavy atom. The predicted molar refractivity (Wildman–Crippen MR) is 116 cm³/mol. The molecule has 2 fully saturated rings. The van der Waals surface area contributed by atoms with Gasteiger partial charge in [0.15, 0.2) is 28.4 Å². The van der Waals surface area contributed by atoms with E-state index in [0.717, 1.165) is 37.4 Å². The van der Waals surface area contributed by atoms with Gasteiger partial charge in [-0.1, -0.05) is 11.8 Å². The van der Waals surface area contributed by atoms with Gasteiger partial charge in [-0.15, -0.1) is 0 Å². The highest BCUT2D eigenvalue weighted by Gasteiger charge is 2.29. The van der Waals surface area contributed by atoms with Crippen molar-refractivity contribution in [2.45, 2.75) is 48.0 Å². The van der Waals surface area contributed by atoms with E-state index in [1.54, 1.807) is 12.1 Å². The molecule has 0 unspecified atom stereocenters. The Balaban J connectivity index is 1.50. The number of rotatable bonds is 7. The maximum Gasteiger partial charge on any atom is 0.243 e. The van der Waals surface area contributed by atoms with E-state index in [9.17, 15) is 26.0 Å². The van der Waals surface area contributed by atoms with E-state index in [4.69, 9.17) is 0 Å². The number of aromatic nitrogens is 2. The fourth-order valence-corrected chi connectivity index (χ4v) is 6.61. The quantitative estimate of drug-likeness (QED) is 0.259. The normalized spacial score (nSPS) is 17.3. The van der Waals surface area contributed by atoms with Crippen molar-refractivity contribution in [1.29, 1.82) is 0 Å². The van der Waals surface area contributed by atoms with Crippen molar-refractivity contribution in [3.8, 4) is 0 Å². The second kappa shape index (κ2) is 8.59. The van der Waals surface area contributed by atoms with E-state index in [1.807, 2.05) is 4.57 Å². The minimum absolute atomic E-state index is 0.147. The van der Waals surface area contributed by atoms with Crippen LogP contribution in [0, 0.1) is 29.2 Å². The molecule has 176 valence electrons. The average Bonchev–Trinajstić information content (AvgIpc) is 3.29. The van der Waals surface area contributed by atoms with Gasteiger partial charge in [-0.3, -0.25) is 0 Å². The summed E-state index contributed by atoms with van der Waals surface area (Å²) in [5.74, 6) is -5.68. The molecule has 5 nitrogen and oxygen atoms in total. The van der Waals surface area contributed by atoms with Crippen LogP contribution in [0.4, 0.5) is 17.6 Å². The van der Waals surface area contributed by atoms with Crippen LogP contribution in [-0.2, 0) is 22.3 Å². The van der Waals surface area contributed by atoms with Crippen molar-refractivity contribution in [3.05, 3.63) is 53.1 Å². The van der Waals surface area contributed by atoms with Gasteiger partial charge in [0.1, 0.15) is 0 Å². The highest BCUT2D eigenvalue weighted by Crippen LogP contribution is 2.36. The largest absolute Gasteiger partial charge is 0.319 e. The van der Waals surface area contributed by atoms with Crippen LogP contribution in [-0.4, -0.2) is 35.4 Å². The van der Waals surface area contributed by atoms with Gasteiger partial charge >= 0.3 is 0 Å². The molecule has 0 N–H and O–H groups in total. The van der Waals surface area contributed by atoms with Crippen molar-refractivity contribution >= 4 is 32.8 Å². The molecule has 1 aliphatic heterocycles. The van der Waals surface area contributed by atoms with Crippen molar-refractivity contribution in [3.63, 3.8) is 0 Å². The third-order valence-electron chi connectivity index (χ3n) is 6.07. The fourth-order valence-electron chi connectivity index (χ4n) is 4.06. The number of hydrogen-bond acceptors (Lipinski definition) is 4. The Hall–Kier alpha value is -2.11. The monoisotopic (exact) mass is 499 g/mol. The molecule has 11 heteroatoms. The zero-order chi connectivity index (χ0) is 23.3. The Bertz CT molecular complexity index is 1310. The molecule has 0 spiro atoms. The Kier molecular flexibility index (Phi) is 5.90. The lowest BCUT2D eigenvalue weighted by Crippen LogP contribution is -2.27. The van der Waals surface area contributed by atoms with Crippen LogP contribution in [0.3, 0.4) is 0 Å². The third kappa shape index (κ3) is 4.26. The van der Waals surface area contributed by atoms with Crippen LogP contribution < -0.4 is 0 Å². The van der Waals surface area contributed by atoms with Gasteiger partial charge in [-0.2, -0.15) is 4.31 Å². The summed E-state index contributed by atoms with van der Waals surface area (Å²) < 4.78 is 84.6. The third-order valence-corrected chi connectivity index (χ3v) is 8.97. The summed E-state index contributed by atoms with van der Waals surface area (Å²) in [5, 5.41) is 0.413. The maximum absolute atomic E-state index is 14.1. The molecule has 0 bridgehead atoms. The van der Waals surface area contributed by atoms with E-state index >= 15 is 0 Å². The van der Waals surface area contributed by atoms with Gasteiger partial charge < -0.3 is 4.57 Å². The first-order valence-electron chi connectivity index (χ1n) is 10.7. The molecule has 1 saturated heterocycles. The molecule has 5 rings (SSSR count). The molecule has 2 heterocycles. The second-order valence-electron chi connectivity index (χ2n) is 8.45. The SMILES string of the molecule is O=S(=O)(c1ccc2c(c1)nc(SCc1c(F)c(F)cc(F)c1F)n2CC1CC1)N1CCCC1. The number of sulfonamides is 1. The number of thioether (sulfide) groups is 1. The van der Waals surface area contributed by atoms with Gasteiger partial charge in [-0.25, -0.2) is 31.0 Å². The highest BCUT2D eigenvalue weighted by atomic mass is 32.2. The van der Waals surface area contributed by atoms with E-state index in [0.29, 0.717) is 41.7 Å². The lowest BCUT2D eigenvalue weighted by Gasteiger charge is -2.15. The molecule has 2 aromatic carbocycles. The van der Waals surface area contributed by atoms with Gasteiger partial charge in [0, 0.05) is 37.0 Å². The lowest BCUT2D eigenvalue weighted by molar-refractivity contribution is 0.444. The van der Waals surface area contributed by atoms with Gasteiger partial charge in [0.05, 0.1) is 15.9 Å². The Morgan fingerprint density at radius 1 is 1.00 bits per heavy atom. The minimum atomic E-state index is -3.63. The fraction of sp³-hybridized carbons (Fsp3) is 0.409. The number of benzene rings is 2. The van der Waals surface area contributed by atoms with Crippen LogP contribution in [0.1, 0.15) is 31.2 Å². The summed E-state index contributed by atoms with van der Waals surface area (Å²) in [6.45, 7) is 1.59. The second-order valence-corrected chi connectivity index (χ2v) is 11.3. The molecular weight excluding hydrogens is 478 g/mol. The topological polar surface area (TPSA) is 55.2 Å². The molecule has 33 heavy (non-hydrogen) atoms. The summed E-state index contributed by atoms with van der Waals surface area (Å²) >= 11 is 0.959. The lowest BCUT2D eigenvalue weighted by atomic mass is 10.2. The van der Waals surface area contributed by atoms with E-state index < -0.39 is 38.9 Å². The highest BCUT2D eigenvalue weighted by molar-refractivity contribution is 7.98. The molecule has 2 aliphatic rings. The number of fused-ring (bicyclic) bond motifs is 1. The molecule has 0 radical (unpaired) electrons. The summed E-state index contributed by atoms with van der Waals surface area (Å²) in [6, 6.07) is 4.94. The first kappa shape index (κ1) is 22.7. The van der Waals surface area contributed by atoms with Crippen LogP contribution >= 0.6 is 11.8 Å². The molecule has 1 aliphatic carbocycles. The summed E-state index contributed by atoms with van der Waals surface area (Å²) in [5.41, 5.74) is 0.459. The molecule has 0 atom stereocenters. The van der Waals surface area contributed by atoms with Gasteiger partial charge in [0.25, 0.3) is 0 Å². The molecule has 1 aromatic heterocycles. The zero-order valence-electron chi connectivity index (χ0n) is 17.5. The maximum atomic E-state index is 14.1. The standard InChI is InChI=1S/C22H21F4N3O2S2/c23-16-10-17(24)21(26)15(20(16)25)12-32-22-27-18-9-14(33(30,31)28-7-1-2-8-28)5-6-19(18)29(22)11-13-3-4-13/h5-6,9-10,13H,1-4,7-8,11-12H2. The first-order chi connectivity index (χ1) is 15.8. The molecule has 0 amide bonds. The molecule has 3 aromatic rings. The van der Waals surface area contributed by atoms with E-state index in [2.05, 4.69) is 4.98 Å². The van der Waals surface area contributed by atoms with Crippen LogP contribution in [0.15, 0.2) is 34.3 Å². The van der Waals surface area contributed by atoms with Crippen LogP contribution in [0.2, 0.25) is 0 Å². The van der Waals surface area contributed by atoms with E-state index in [1.165, 1.54) is 10.4 Å². The van der Waals surface area contributed by atoms with Crippen molar-refractivity contribution < 1.29 is 26.0 Å². The van der Waals surface area contributed by atoms with E-state index in [-0.39, 0.29) is 16.7 Å². The zero-order valence-corrected chi connectivity index (χ0v) is 19.2. The number of imidazole rings is 1. The van der Waals surface area contributed by atoms with Crippen molar-refractivity contribution in [1.82, 2.24) is 13.9 Å². The van der Waals surface area contributed by atoms with Crippen molar-refractivity contribution in [2.24, 2.45) is 5.92 Å². The summed E-state index contributed by atoms with van der Waals surface area (Å²) in [6.07, 6.45) is 3.74. The first-order valence-corrected chi connectivity index (χ1v) is 13.1. The van der Waals surface area contributed by atoms with Gasteiger partial charge in [-0.05, 0) is 49.8 Å². The Labute approximate surface area is 192 Å². The molecule has 1 saturated carbocycles. The smallest absolute Gasteiger partial charge is 0.243 e. The minimum Gasteiger partial charge on any atom is -0.319 e. The summed E-state index contributed by atoms with van der Waals surface area (Å²) in [4.78, 5) is 4.67. The van der Waals surface area contributed by atoms with Crippen LogP contribution in [0.5, 0.6) is 0 Å². The summed E-state index contributed by atoms with van der Waals surface area (Å²) in [7, 11) is -3.63. The number of halogens is 4. The van der Waals surface area contributed by atoms with Gasteiger partial charge in [0.2, 0.25) is 10.0 Å². The number of hydrogen-bond donors (Lipinski definition) is 0. The molecular formula is C22H21F4N3O2S2. The Morgan fingerprint density at radius 3 is 2.30 bits per heavy atom. The average molecular weight is 500 g/mol. The number of nitrogens with zero attached hydrogens (tertiary/aromatic N) is 3.